The van der Waals surface area contributed by atoms with E-state index in [2.05, 4.69) is 10.1 Å². The first-order chi connectivity index (χ1) is 15.6. The predicted octanol–water partition coefficient (Wildman–Crippen LogP) is 4.75. The van der Waals surface area contributed by atoms with Gasteiger partial charge in [-0.3, -0.25) is 4.79 Å². The molecular formula is C25H29N3O4. The van der Waals surface area contributed by atoms with Gasteiger partial charge in [-0.1, -0.05) is 35.5 Å². The van der Waals surface area contributed by atoms with E-state index >= 15 is 0 Å². The number of hydrogen-bond acceptors (Lipinski definition) is 6. The van der Waals surface area contributed by atoms with Crippen LogP contribution < -0.4 is 9.47 Å². The molecule has 4 rings (SSSR count). The summed E-state index contributed by atoms with van der Waals surface area (Å²) < 4.78 is 16.9. The van der Waals surface area contributed by atoms with Gasteiger partial charge in [-0.2, -0.15) is 4.98 Å². The standard InChI is InChI=1S/C25H29N3O4/c1-4-30-21-13-12-18(15-22(21)31-5-2)16-23(29)28-14-8-11-20(28)25-26-24(27-32-25)19-10-7-6-9-17(19)3/h6-7,9-10,12-13,15,20H,4-5,8,11,14,16H2,1-3H3. The van der Waals surface area contributed by atoms with Gasteiger partial charge in [0.05, 0.1) is 19.6 Å². The number of carbonyl (C=O) groups is 1. The molecule has 0 bridgehead atoms. The zero-order valence-electron chi connectivity index (χ0n) is 18.8. The number of ether oxygens (including phenoxy) is 2. The van der Waals surface area contributed by atoms with Crippen LogP contribution in [0.1, 0.15) is 49.7 Å². The summed E-state index contributed by atoms with van der Waals surface area (Å²) in [5.74, 6) is 2.45. The molecule has 0 aliphatic carbocycles. The third-order valence-electron chi connectivity index (χ3n) is 5.65. The third-order valence-corrected chi connectivity index (χ3v) is 5.65. The molecule has 0 N–H and O–H groups in total. The highest BCUT2D eigenvalue weighted by atomic mass is 16.5. The Morgan fingerprint density at radius 1 is 1.12 bits per heavy atom. The van der Waals surface area contributed by atoms with E-state index in [9.17, 15) is 4.79 Å². The fourth-order valence-corrected chi connectivity index (χ4v) is 4.11. The van der Waals surface area contributed by atoms with Gasteiger partial charge >= 0.3 is 0 Å². The summed E-state index contributed by atoms with van der Waals surface area (Å²) >= 11 is 0. The van der Waals surface area contributed by atoms with Gasteiger partial charge in [-0.25, -0.2) is 0 Å². The molecule has 1 unspecified atom stereocenters. The monoisotopic (exact) mass is 435 g/mol. The summed E-state index contributed by atoms with van der Waals surface area (Å²) in [4.78, 5) is 19.7. The predicted molar refractivity (Wildman–Crippen MR) is 121 cm³/mol. The minimum atomic E-state index is -0.193. The Kier molecular flexibility index (Phi) is 6.73. The van der Waals surface area contributed by atoms with Crippen LogP contribution in [0.3, 0.4) is 0 Å². The molecule has 168 valence electrons. The summed E-state index contributed by atoms with van der Waals surface area (Å²) in [6.07, 6.45) is 2.00. The van der Waals surface area contributed by atoms with Gasteiger partial charge < -0.3 is 18.9 Å². The molecule has 2 aromatic carbocycles. The van der Waals surface area contributed by atoms with Crippen LogP contribution in [-0.4, -0.2) is 40.7 Å². The average molecular weight is 436 g/mol. The highest BCUT2D eigenvalue weighted by Crippen LogP contribution is 2.34. The maximum atomic E-state index is 13.2. The zero-order valence-corrected chi connectivity index (χ0v) is 18.8. The van der Waals surface area contributed by atoms with Crippen LogP contribution in [0.4, 0.5) is 0 Å². The van der Waals surface area contributed by atoms with E-state index in [4.69, 9.17) is 14.0 Å². The van der Waals surface area contributed by atoms with Crippen LogP contribution in [-0.2, 0) is 11.2 Å². The van der Waals surface area contributed by atoms with Crippen LogP contribution in [0.25, 0.3) is 11.4 Å². The van der Waals surface area contributed by atoms with Crippen molar-refractivity contribution in [2.45, 2.75) is 46.1 Å². The minimum absolute atomic E-state index is 0.0368. The van der Waals surface area contributed by atoms with Gasteiger partial charge in [-0.15, -0.1) is 0 Å². The van der Waals surface area contributed by atoms with Gasteiger partial charge in [0.2, 0.25) is 17.6 Å². The van der Waals surface area contributed by atoms with Crippen molar-refractivity contribution in [1.29, 1.82) is 0 Å². The average Bonchev–Trinajstić information content (AvgIpc) is 3.46. The van der Waals surface area contributed by atoms with Crippen molar-refractivity contribution >= 4 is 5.91 Å². The van der Waals surface area contributed by atoms with Crippen molar-refractivity contribution in [2.24, 2.45) is 0 Å². The Labute approximate surface area is 188 Å². The zero-order chi connectivity index (χ0) is 22.5. The molecule has 2 heterocycles. The van der Waals surface area contributed by atoms with E-state index in [1.54, 1.807) is 0 Å². The van der Waals surface area contributed by atoms with Gasteiger partial charge in [0.15, 0.2) is 11.5 Å². The van der Waals surface area contributed by atoms with Crippen molar-refractivity contribution in [3.8, 4) is 22.9 Å². The number of benzene rings is 2. The number of aryl methyl sites for hydroxylation is 1. The van der Waals surface area contributed by atoms with Gasteiger partial charge in [-0.05, 0) is 56.9 Å². The van der Waals surface area contributed by atoms with Gasteiger partial charge in [0, 0.05) is 12.1 Å². The lowest BCUT2D eigenvalue weighted by Gasteiger charge is -2.22. The molecule has 32 heavy (non-hydrogen) atoms. The topological polar surface area (TPSA) is 77.7 Å². The van der Waals surface area contributed by atoms with Crippen LogP contribution in [0.15, 0.2) is 47.0 Å². The van der Waals surface area contributed by atoms with Crippen LogP contribution in [0, 0.1) is 6.92 Å². The first kappa shape index (κ1) is 21.9. The Hall–Kier alpha value is -3.35. The molecule has 1 aliphatic heterocycles. The number of hydrogen-bond donors (Lipinski definition) is 0. The second-order valence-corrected chi connectivity index (χ2v) is 7.84. The number of likely N-dealkylation sites (tertiary alicyclic amines) is 1. The molecular weight excluding hydrogens is 406 g/mol. The Balaban J connectivity index is 1.50. The van der Waals surface area contributed by atoms with Crippen molar-refractivity contribution in [3.05, 3.63) is 59.5 Å². The molecule has 1 atom stereocenters. The normalized spacial score (nSPS) is 15.7. The number of rotatable bonds is 8. The van der Waals surface area contributed by atoms with Crippen molar-refractivity contribution < 1.29 is 18.8 Å². The largest absolute Gasteiger partial charge is 0.490 e. The molecule has 0 radical (unpaired) electrons. The molecule has 0 spiro atoms. The molecule has 3 aromatic rings. The third kappa shape index (κ3) is 4.61. The summed E-state index contributed by atoms with van der Waals surface area (Å²) in [5, 5.41) is 4.17. The fraction of sp³-hybridized carbons (Fsp3) is 0.400. The van der Waals surface area contributed by atoms with Crippen LogP contribution >= 0.6 is 0 Å². The molecule has 1 aromatic heterocycles. The number of aromatic nitrogens is 2. The molecule has 1 fully saturated rings. The molecule has 1 amide bonds. The molecule has 0 saturated carbocycles. The van der Waals surface area contributed by atoms with E-state index in [0.29, 0.717) is 43.0 Å². The molecule has 7 heteroatoms. The first-order valence-corrected chi connectivity index (χ1v) is 11.2. The maximum absolute atomic E-state index is 13.2. The maximum Gasteiger partial charge on any atom is 0.249 e. The molecule has 1 aliphatic rings. The highest BCUT2D eigenvalue weighted by Gasteiger charge is 2.34. The minimum Gasteiger partial charge on any atom is -0.490 e. The number of amides is 1. The Morgan fingerprint density at radius 2 is 1.91 bits per heavy atom. The summed E-state index contributed by atoms with van der Waals surface area (Å²) in [6.45, 7) is 7.65. The van der Waals surface area contributed by atoms with Crippen LogP contribution in [0.2, 0.25) is 0 Å². The van der Waals surface area contributed by atoms with Gasteiger partial charge in [0.25, 0.3) is 0 Å². The van der Waals surface area contributed by atoms with E-state index in [1.165, 1.54) is 0 Å². The van der Waals surface area contributed by atoms with Crippen molar-refractivity contribution in [2.75, 3.05) is 19.8 Å². The van der Waals surface area contributed by atoms with Crippen LogP contribution in [0.5, 0.6) is 11.5 Å². The van der Waals surface area contributed by atoms with E-state index < -0.39 is 0 Å². The van der Waals surface area contributed by atoms with E-state index in [-0.39, 0.29) is 18.4 Å². The number of carbonyl (C=O) groups excluding carboxylic acids is 1. The lowest BCUT2D eigenvalue weighted by Crippen LogP contribution is -2.32. The molecule has 1 saturated heterocycles. The Morgan fingerprint density at radius 3 is 2.69 bits per heavy atom. The second-order valence-electron chi connectivity index (χ2n) is 7.84. The summed E-state index contributed by atoms with van der Waals surface area (Å²) in [6, 6.07) is 13.4. The van der Waals surface area contributed by atoms with E-state index in [1.807, 2.05) is 68.1 Å². The summed E-state index contributed by atoms with van der Waals surface area (Å²) in [7, 11) is 0. The fourth-order valence-electron chi connectivity index (χ4n) is 4.11. The quantitative estimate of drug-likeness (QED) is 0.508. The highest BCUT2D eigenvalue weighted by molar-refractivity contribution is 5.79. The smallest absolute Gasteiger partial charge is 0.249 e. The lowest BCUT2D eigenvalue weighted by atomic mass is 10.1. The van der Waals surface area contributed by atoms with Crippen molar-refractivity contribution in [3.63, 3.8) is 0 Å². The number of nitrogens with zero attached hydrogens (tertiary/aromatic N) is 3. The van der Waals surface area contributed by atoms with Gasteiger partial charge in [0.1, 0.15) is 6.04 Å². The summed E-state index contributed by atoms with van der Waals surface area (Å²) in [5.41, 5.74) is 2.91. The van der Waals surface area contributed by atoms with Crippen molar-refractivity contribution in [1.82, 2.24) is 15.0 Å². The lowest BCUT2D eigenvalue weighted by molar-refractivity contribution is -0.131. The SMILES string of the molecule is CCOc1ccc(CC(=O)N2CCCC2c2nc(-c3ccccc3C)no2)cc1OCC. The molecule has 7 nitrogen and oxygen atoms in total. The first-order valence-electron chi connectivity index (χ1n) is 11.2. The second kappa shape index (κ2) is 9.85. The Bertz CT molecular complexity index is 1080. The van der Waals surface area contributed by atoms with E-state index in [0.717, 1.165) is 29.5 Å².